The number of carbonyl (C=O) groups excluding carboxylic acids is 1. The van der Waals surface area contributed by atoms with Crippen molar-refractivity contribution in [3.05, 3.63) is 51.3 Å². The third kappa shape index (κ3) is 2.24. The van der Waals surface area contributed by atoms with Gasteiger partial charge in [-0.05, 0) is 26.0 Å². The molecule has 2 aromatic heterocycles. The van der Waals surface area contributed by atoms with Gasteiger partial charge in [-0.15, -0.1) is 0 Å². The van der Waals surface area contributed by atoms with Gasteiger partial charge in [-0.25, -0.2) is 4.39 Å². The lowest BCUT2D eigenvalue weighted by Crippen LogP contribution is -2.26. The van der Waals surface area contributed by atoms with Gasteiger partial charge < -0.3 is 10.7 Å². The van der Waals surface area contributed by atoms with Crippen molar-refractivity contribution in [2.45, 2.75) is 13.8 Å². The summed E-state index contributed by atoms with van der Waals surface area (Å²) in [6.45, 7) is 3.27. The Morgan fingerprint density at radius 1 is 1.32 bits per heavy atom. The molecule has 0 aliphatic carbocycles. The lowest BCUT2D eigenvalue weighted by molar-refractivity contribution is 0.0998. The van der Waals surface area contributed by atoms with E-state index < -0.39 is 17.2 Å². The van der Waals surface area contributed by atoms with Crippen LogP contribution in [0.25, 0.3) is 11.3 Å². The lowest BCUT2D eigenvalue weighted by Gasteiger charge is -2.09. The fraction of sp³-hybridized carbons (Fsp3) is 0.154. The van der Waals surface area contributed by atoms with Crippen LogP contribution >= 0.6 is 0 Å². The molecule has 3 N–H and O–H groups in total. The van der Waals surface area contributed by atoms with E-state index >= 15 is 0 Å². The van der Waals surface area contributed by atoms with Gasteiger partial charge in [0, 0.05) is 11.4 Å². The first kappa shape index (κ1) is 12.9. The molecular formula is C13H12FN3O2. The Labute approximate surface area is 108 Å². The number of primary amides is 1. The van der Waals surface area contributed by atoms with Crippen LogP contribution in [0, 0.1) is 19.7 Å². The minimum Gasteiger partial charge on any atom is -0.365 e. The van der Waals surface area contributed by atoms with E-state index in [-0.39, 0.29) is 11.1 Å². The Balaban J connectivity index is 2.77. The molecule has 0 aliphatic heterocycles. The Morgan fingerprint density at radius 3 is 2.53 bits per heavy atom. The Hall–Kier alpha value is -2.50. The van der Waals surface area contributed by atoms with Crippen molar-refractivity contribution in [3.63, 3.8) is 0 Å². The monoisotopic (exact) mass is 261 g/mol. The predicted octanol–water partition coefficient (Wildman–Crippen LogP) is 1.29. The van der Waals surface area contributed by atoms with Crippen molar-refractivity contribution in [2.75, 3.05) is 0 Å². The van der Waals surface area contributed by atoms with E-state index in [1.807, 2.05) is 0 Å². The number of H-pyrrole nitrogens is 1. The second-order valence-corrected chi connectivity index (χ2v) is 4.18. The fourth-order valence-corrected chi connectivity index (χ4v) is 2.00. The van der Waals surface area contributed by atoms with Gasteiger partial charge in [-0.2, -0.15) is 0 Å². The van der Waals surface area contributed by atoms with Crippen molar-refractivity contribution < 1.29 is 9.18 Å². The van der Waals surface area contributed by atoms with E-state index in [0.29, 0.717) is 17.1 Å². The van der Waals surface area contributed by atoms with Crippen LogP contribution in [0.5, 0.6) is 0 Å². The van der Waals surface area contributed by atoms with Crippen molar-refractivity contribution in [1.29, 1.82) is 0 Å². The van der Waals surface area contributed by atoms with Crippen LogP contribution in [0.3, 0.4) is 0 Å². The largest absolute Gasteiger partial charge is 0.365 e. The van der Waals surface area contributed by atoms with Crippen LogP contribution in [0.1, 0.15) is 21.7 Å². The summed E-state index contributed by atoms with van der Waals surface area (Å²) < 4.78 is 12.9. The number of hydrogen-bond acceptors (Lipinski definition) is 3. The van der Waals surface area contributed by atoms with Crippen molar-refractivity contribution in [2.24, 2.45) is 5.73 Å². The van der Waals surface area contributed by atoms with Crippen LogP contribution in [0.15, 0.2) is 23.1 Å². The number of pyridine rings is 2. The van der Waals surface area contributed by atoms with Crippen molar-refractivity contribution in [3.8, 4) is 11.3 Å². The van der Waals surface area contributed by atoms with E-state index in [2.05, 4.69) is 9.97 Å². The number of nitrogens with zero attached hydrogens (tertiary/aromatic N) is 1. The summed E-state index contributed by atoms with van der Waals surface area (Å²) >= 11 is 0. The fourth-order valence-electron chi connectivity index (χ4n) is 2.00. The molecule has 98 valence electrons. The zero-order chi connectivity index (χ0) is 14.2. The highest BCUT2D eigenvalue weighted by Crippen LogP contribution is 2.18. The van der Waals surface area contributed by atoms with E-state index in [0.717, 1.165) is 6.20 Å². The molecule has 5 nitrogen and oxygen atoms in total. The van der Waals surface area contributed by atoms with Crippen molar-refractivity contribution >= 4 is 5.91 Å². The SMILES string of the molecule is Cc1[nH]c(C)c(-c2ccc(F)cn2)c(=O)c1C(N)=O. The average Bonchev–Trinajstić information content (AvgIpc) is 2.30. The number of rotatable bonds is 2. The number of nitrogens with two attached hydrogens (primary N) is 1. The van der Waals surface area contributed by atoms with E-state index in [1.165, 1.54) is 12.1 Å². The van der Waals surface area contributed by atoms with E-state index in [9.17, 15) is 14.0 Å². The number of hydrogen-bond donors (Lipinski definition) is 2. The maximum atomic E-state index is 12.9. The molecule has 0 atom stereocenters. The summed E-state index contributed by atoms with van der Waals surface area (Å²) in [7, 11) is 0. The molecule has 19 heavy (non-hydrogen) atoms. The second-order valence-electron chi connectivity index (χ2n) is 4.18. The quantitative estimate of drug-likeness (QED) is 0.853. The molecule has 0 spiro atoms. The molecule has 0 saturated heterocycles. The van der Waals surface area contributed by atoms with E-state index in [4.69, 9.17) is 5.73 Å². The third-order valence-corrected chi connectivity index (χ3v) is 2.81. The van der Waals surface area contributed by atoms with Crippen LogP contribution in [-0.4, -0.2) is 15.9 Å². The number of carbonyl (C=O) groups is 1. The van der Waals surface area contributed by atoms with Gasteiger partial charge in [0.2, 0.25) is 5.43 Å². The highest BCUT2D eigenvalue weighted by Gasteiger charge is 2.18. The first-order valence-corrected chi connectivity index (χ1v) is 5.57. The number of aromatic amines is 1. The minimum absolute atomic E-state index is 0.105. The first-order chi connectivity index (χ1) is 8.91. The lowest BCUT2D eigenvalue weighted by atomic mass is 10.0. The first-order valence-electron chi connectivity index (χ1n) is 5.57. The van der Waals surface area contributed by atoms with Crippen LogP contribution < -0.4 is 11.2 Å². The normalized spacial score (nSPS) is 10.5. The molecule has 0 radical (unpaired) electrons. The van der Waals surface area contributed by atoms with Gasteiger partial charge in [-0.1, -0.05) is 0 Å². The maximum absolute atomic E-state index is 12.9. The molecule has 2 heterocycles. The smallest absolute Gasteiger partial charge is 0.254 e. The van der Waals surface area contributed by atoms with Crippen LogP contribution in [0.4, 0.5) is 4.39 Å². The molecule has 2 rings (SSSR count). The average molecular weight is 261 g/mol. The van der Waals surface area contributed by atoms with Gasteiger partial charge in [0.25, 0.3) is 5.91 Å². The van der Waals surface area contributed by atoms with Crippen LogP contribution in [-0.2, 0) is 0 Å². The Morgan fingerprint density at radius 2 is 2.00 bits per heavy atom. The summed E-state index contributed by atoms with van der Waals surface area (Å²) in [4.78, 5) is 30.4. The Bertz CT molecular complexity index is 705. The van der Waals surface area contributed by atoms with Gasteiger partial charge >= 0.3 is 0 Å². The van der Waals surface area contributed by atoms with Crippen molar-refractivity contribution in [1.82, 2.24) is 9.97 Å². The topological polar surface area (TPSA) is 88.8 Å². The van der Waals surface area contributed by atoms with Gasteiger partial charge in [0.05, 0.1) is 17.5 Å². The van der Waals surface area contributed by atoms with Gasteiger partial charge in [0.15, 0.2) is 0 Å². The minimum atomic E-state index is -0.804. The zero-order valence-corrected chi connectivity index (χ0v) is 10.5. The number of aromatic nitrogens is 2. The zero-order valence-electron chi connectivity index (χ0n) is 10.5. The number of halogens is 1. The summed E-state index contributed by atoms with van der Waals surface area (Å²) in [6.07, 6.45) is 1.01. The summed E-state index contributed by atoms with van der Waals surface area (Å²) in [6, 6.07) is 2.58. The Kier molecular flexibility index (Phi) is 3.16. The molecule has 6 heteroatoms. The molecule has 0 saturated carbocycles. The molecule has 0 aromatic carbocycles. The standard InChI is InChI=1S/C13H12FN3O2/c1-6-10(9-4-3-8(14)5-16-9)12(18)11(13(15)19)7(2)17-6/h3-5H,1-2H3,(H2,15,19)(H,17,18). The number of amides is 1. The van der Waals surface area contributed by atoms with E-state index in [1.54, 1.807) is 13.8 Å². The predicted molar refractivity (Wildman–Crippen MR) is 68.2 cm³/mol. The number of nitrogens with one attached hydrogen (secondary N) is 1. The molecular weight excluding hydrogens is 249 g/mol. The summed E-state index contributed by atoms with van der Waals surface area (Å²) in [5, 5.41) is 0. The van der Waals surface area contributed by atoms with Crippen LogP contribution in [0.2, 0.25) is 0 Å². The molecule has 0 unspecified atom stereocenters. The molecule has 0 aliphatic rings. The summed E-state index contributed by atoms with van der Waals surface area (Å²) in [5.74, 6) is -1.30. The molecule has 0 bridgehead atoms. The maximum Gasteiger partial charge on any atom is 0.254 e. The van der Waals surface area contributed by atoms with Gasteiger partial charge in [0.1, 0.15) is 11.4 Å². The van der Waals surface area contributed by atoms with Gasteiger partial charge in [-0.3, -0.25) is 14.6 Å². The highest BCUT2D eigenvalue weighted by atomic mass is 19.1. The number of aryl methyl sites for hydroxylation is 2. The highest BCUT2D eigenvalue weighted by molar-refractivity contribution is 5.95. The summed E-state index contributed by atoms with van der Waals surface area (Å²) in [5.41, 5.74) is 6.06. The second kappa shape index (κ2) is 4.64. The molecule has 1 amide bonds. The molecule has 0 fully saturated rings. The third-order valence-electron chi connectivity index (χ3n) is 2.81. The molecule has 2 aromatic rings.